The minimum Gasteiger partial charge on any atom is -0.349 e. The van der Waals surface area contributed by atoms with Gasteiger partial charge >= 0.3 is 0 Å². The van der Waals surface area contributed by atoms with Crippen LogP contribution in [0.3, 0.4) is 0 Å². The molecule has 1 unspecified atom stereocenters. The standard InChI is InChI=1S/C15H23N3OS.2ClH/c1-10(2)12-9-20-13(18-12)8-17-14(19)11-7-15(11)3-5-16-6-4-15;;/h9-11,16H,3-8H2,1-2H3,(H,17,19);2*1H. The minimum absolute atomic E-state index is 0. The number of hydrogen-bond acceptors (Lipinski definition) is 4. The van der Waals surface area contributed by atoms with E-state index in [1.807, 2.05) is 0 Å². The van der Waals surface area contributed by atoms with Gasteiger partial charge in [-0.3, -0.25) is 4.79 Å². The maximum atomic E-state index is 12.2. The van der Waals surface area contributed by atoms with Gasteiger partial charge in [0.15, 0.2) is 0 Å². The summed E-state index contributed by atoms with van der Waals surface area (Å²) in [5.74, 6) is 0.930. The van der Waals surface area contributed by atoms with E-state index in [1.54, 1.807) is 11.3 Å². The second-order valence-corrected chi connectivity index (χ2v) is 7.35. The van der Waals surface area contributed by atoms with Gasteiger partial charge in [0.25, 0.3) is 0 Å². The topological polar surface area (TPSA) is 54.0 Å². The Kier molecular flexibility index (Phi) is 7.12. The lowest BCUT2D eigenvalue weighted by Gasteiger charge is -2.23. The first-order valence-corrected chi connectivity index (χ1v) is 8.41. The minimum atomic E-state index is 0. The summed E-state index contributed by atoms with van der Waals surface area (Å²) in [5.41, 5.74) is 1.45. The molecule has 0 aromatic carbocycles. The highest BCUT2D eigenvalue weighted by Crippen LogP contribution is 2.58. The number of aromatic nitrogens is 1. The molecular weight excluding hydrogens is 341 g/mol. The summed E-state index contributed by atoms with van der Waals surface area (Å²) in [5, 5.41) is 9.55. The molecule has 7 heteroatoms. The molecular formula is C15H25Cl2N3OS. The number of thiazole rings is 1. The van der Waals surface area contributed by atoms with Crippen molar-refractivity contribution < 1.29 is 4.79 Å². The average molecular weight is 366 g/mol. The van der Waals surface area contributed by atoms with E-state index in [-0.39, 0.29) is 36.6 Å². The van der Waals surface area contributed by atoms with Gasteiger partial charge in [-0.05, 0) is 43.7 Å². The van der Waals surface area contributed by atoms with Crippen LogP contribution in [0.4, 0.5) is 0 Å². The summed E-state index contributed by atoms with van der Waals surface area (Å²) in [6.45, 7) is 6.99. The summed E-state index contributed by atoms with van der Waals surface area (Å²) in [6, 6.07) is 0. The number of carbonyl (C=O) groups is 1. The Bertz CT molecular complexity index is 501. The van der Waals surface area contributed by atoms with Crippen molar-refractivity contribution >= 4 is 42.1 Å². The molecule has 0 bridgehead atoms. The summed E-state index contributed by atoms with van der Waals surface area (Å²) in [6.07, 6.45) is 3.38. The number of hydrogen-bond donors (Lipinski definition) is 2. The highest BCUT2D eigenvalue weighted by Gasteiger charge is 2.57. The first kappa shape index (κ1) is 19.7. The third-order valence-corrected chi connectivity index (χ3v) is 5.55. The van der Waals surface area contributed by atoms with E-state index in [2.05, 4.69) is 34.8 Å². The third-order valence-electron chi connectivity index (χ3n) is 4.68. The molecule has 1 aliphatic carbocycles. The van der Waals surface area contributed by atoms with E-state index >= 15 is 0 Å². The number of carbonyl (C=O) groups excluding carboxylic acids is 1. The highest BCUT2D eigenvalue weighted by atomic mass is 35.5. The molecule has 0 radical (unpaired) electrons. The summed E-state index contributed by atoms with van der Waals surface area (Å²) in [7, 11) is 0. The Morgan fingerprint density at radius 3 is 2.73 bits per heavy atom. The van der Waals surface area contributed by atoms with Crippen molar-refractivity contribution in [1.82, 2.24) is 15.6 Å². The van der Waals surface area contributed by atoms with Crippen LogP contribution in [-0.2, 0) is 11.3 Å². The maximum Gasteiger partial charge on any atom is 0.224 e. The number of halogens is 2. The molecule has 1 saturated heterocycles. The predicted molar refractivity (Wildman–Crippen MR) is 95.2 cm³/mol. The van der Waals surface area contributed by atoms with Crippen molar-refractivity contribution in [3.8, 4) is 0 Å². The van der Waals surface area contributed by atoms with E-state index < -0.39 is 0 Å². The van der Waals surface area contributed by atoms with Crippen LogP contribution < -0.4 is 10.6 Å². The number of amides is 1. The molecule has 22 heavy (non-hydrogen) atoms. The second kappa shape index (κ2) is 7.95. The van der Waals surface area contributed by atoms with Crippen molar-refractivity contribution in [3.63, 3.8) is 0 Å². The summed E-state index contributed by atoms with van der Waals surface area (Å²) < 4.78 is 0. The fourth-order valence-corrected chi connectivity index (χ4v) is 4.05. The van der Waals surface area contributed by atoms with Crippen LogP contribution in [0.15, 0.2) is 5.38 Å². The summed E-state index contributed by atoms with van der Waals surface area (Å²) >= 11 is 1.64. The van der Waals surface area contributed by atoms with Crippen molar-refractivity contribution in [2.45, 2.75) is 45.6 Å². The zero-order valence-corrected chi connectivity index (χ0v) is 15.5. The molecule has 1 saturated carbocycles. The third kappa shape index (κ3) is 4.13. The van der Waals surface area contributed by atoms with Crippen LogP contribution >= 0.6 is 36.2 Å². The van der Waals surface area contributed by atoms with Crippen LogP contribution in [0.5, 0.6) is 0 Å². The van der Waals surface area contributed by atoms with Crippen LogP contribution in [0.25, 0.3) is 0 Å². The lowest BCUT2D eigenvalue weighted by molar-refractivity contribution is -0.123. The predicted octanol–water partition coefficient (Wildman–Crippen LogP) is 3.12. The van der Waals surface area contributed by atoms with Crippen molar-refractivity contribution in [2.24, 2.45) is 11.3 Å². The molecule has 1 amide bonds. The number of piperidine rings is 1. The van der Waals surface area contributed by atoms with Gasteiger partial charge in [-0.25, -0.2) is 4.98 Å². The molecule has 2 heterocycles. The van der Waals surface area contributed by atoms with E-state index in [0.29, 0.717) is 17.9 Å². The zero-order chi connectivity index (χ0) is 14.2. The van der Waals surface area contributed by atoms with Crippen LogP contribution in [0.2, 0.25) is 0 Å². The maximum absolute atomic E-state index is 12.2. The molecule has 2 aliphatic rings. The van der Waals surface area contributed by atoms with Crippen molar-refractivity contribution in [1.29, 1.82) is 0 Å². The van der Waals surface area contributed by atoms with Crippen LogP contribution in [0, 0.1) is 11.3 Å². The van der Waals surface area contributed by atoms with Gasteiger partial charge in [0.05, 0.1) is 12.2 Å². The molecule has 4 nitrogen and oxygen atoms in total. The molecule has 1 aliphatic heterocycles. The fourth-order valence-electron chi connectivity index (χ4n) is 3.15. The molecule has 1 aromatic heterocycles. The molecule has 126 valence electrons. The van der Waals surface area contributed by atoms with Gasteiger partial charge in [0.2, 0.25) is 5.91 Å². The smallest absolute Gasteiger partial charge is 0.224 e. The Labute approximate surface area is 148 Å². The Hall–Kier alpha value is -0.360. The fraction of sp³-hybridized carbons (Fsp3) is 0.733. The van der Waals surface area contributed by atoms with Gasteiger partial charge < -0.3 is 10.6 Å². The first-order valence-electron chi connectivity index (χ1n) is 7.53. The molecule has 2 N–H and O–H groups in total. The lowest BCUT2D eigenvalue weighted by Crippen LogP contribution is -2.33. The SMILES string of the molecule is CC(C)c1csc(CNC(=O)C2CC23CCNCC3)n1.Cl.Cl. The van der Waals surface area contributed by atoms with E-state index in [1.165, 1.54) is 0 Å². The van der Waals surface area contributed by atoms with E-state index in [4.69, 9.17) is 0 Å². The van der Waals surface area contributed by atoms with Crippen molar-refractivity contribution in [3.05, 3.63) is 16.1 Å². The molecule has 2 fully saturated rings. The zero-order valence-electron chi connectivity index (χ0n) is 13.1. The lowest BCUT2D eigenvalue weighted by atomic mass is 9.92. The van der Waals surface area contributed by atoms with E-state index in [9.17, 15) is 4.79 Å². The second-order valence-electron chi connectivity index (χ2n) is 6.41. The largest absolute Gasteiger partial charge is 0.349 e. The van der Waals surface area contributed by atoms with Gasteiger partial charge in [-0.2, -0.15) is 0 Å². The van der Waals surface area contributed by atoms with E-state index in [0.717, 1.165) is 43.1 Å². The molecule has 1 spiro atoms. The van der Waals surface area contributed by atoms with Gasteiger partial charge in [-0.15, -0.1) is 36.2 Å². The normalized spacial score (nSPS) is 21.9. The van der Waals surface area contributed by atoms with Crippen LogP contribution in [-0.4, -0.2) is 24.0 Å². The van der Waals surface area contributed by atoms with Crippen LogP contribution in [0.1, 0.15) is 49.7 Å². The number of nitrogens with zero attached hydrogens (tertiary/aromatic N) is 1. The molecule has 3 rings (SSSR count). The summed E-state index contributed by atoms with van der Waals surface area (Å²) in [4.78, 5) is 16.8. The molecule has 1 aromatic rings. The Balaban J connectivity index is 0.00000121. The Morgan fingerprint density at radius 1 is 1.45 bits per heavy atom. The monoisotopic (exact) mass is 365 g/mol. The molecule has 1 atom stereocenters. The van der Waals surface area contributed by atoms with Gasteiger partial charge in [0, 0.05) is 11.3 Å². The quantitative estimate of drug-likeness (QED) is 0.861. The number of rotatable bonds is 4. The Morgan fingerprint density at radius 2 is 2.14 bits per heavy atom. The van der Waals surface area contributed by atoms with Gasteiger partial charge in [-0.1, -0.05) is 13.8 Å². The number of nitrogens with one attached hydrogen (secondary N) is 2. The van der Waals surface area contributed by atoms with Crippen molar-refractivity contribution in [2.75, 3.05) is 13.1 Å². The first-order chi connectivity index (χ1) is 9.61. The van der Waals surface area contributed by atoms with Gasteiger partial charge in [0.1, 0.15) is 5.01 Å². The highest BCUT2D eigenvalue weighted by molar-refractivity contribution is 7.09. The average Bonchev–Trinajstić information content (AvgIpc) is 2.92.